The summed E-state index contributed by atoms with van der Waals surface area (Å²) in [5, 5.41) is 8.15. The van der Waals surface area contributed by atoms with Crippen LogP contribution in [0.3, 0.4) is 0 Å². The van der Waals surface area contributed by atoms with Crippen LogP contribution in [0.25, 0.3) is 0 Å². The Balaban J connectivity index is 3.17. The molecule has 1 aromatic carbocycles. The van der Waals surface area contributed by atoms with Gasteiger partial charge in [-0.2, -0.15) is 5.26 Å². The number of nitrogens with zero attached hydrogens (tertiary/aromatic N) is 1. The molecule has 6 heteroatoms. The number of hydrogen-bond donors (Lipinski definition) is 1. The normalized spacial score (nSPS) is 10.4. The van der Waals surface area contributed by atoms with E-state index in [1.807, 2.05) is 0 Å². The van der Waals surface area contributed by atoms with Crippen molar-refractivity contribution < 1.29 is 8.42 Å². The zero-order valence-electron chi connectivity index (χ0n) is 6.48. The SMILES string of the molecule is N#CNS(=O)(=O)c1cccc([NH])c1. The minimum absolute atomic E-state index is 0.0819. The monoisotopic (exact) mass is 196 g/mol. The van der Waals surface area contributed by atoms with Crippen molar-refractivity contribution in [3.05, 3.63) is 24.3 Å². The molecule has 0 amide bonds. The number of nitriles is 1. The summed E-state index contributed by atoms with van der Waals surface area (Å²) >= 11 is 0. The summed E-state index contributed by atoms with van der Waals surface area (Å²) in [5.74, 6) is 0. The molecule has 1 rings (SSSR count). The fraction of sp³-hybridized carbons (Fsp3) is 0. The highest BCUT2D eigenvalue weighted by Crippen LogP contribution is 2.12. The zero-order valence-corrected chi connectivity index (χ0v) is 7.30. The lowest BCUT2D eigenvalue weighted by atomic mass is 10.3. The van der Waals surface area contributed by atoms with E-state index in [0.29, 0.717) is 0 Å². The molecule has 1 aromatic rings. The van der Waals surface area contributed by atoms with E-state index in [1.165, 1.54) is 30.5 Å². The Morgan fingerprint density at radius 3 is 2.69 bits per heavy atom. The van der Waals surface area contributed by atoms with Crippen molar-refractivity contribution in [3.8, 4) is 6.19 Å². The highest BCUT2D eigenvalue weighted by molar-refractivity contribution is 7.89. The van der Waals surface area contributed by atoms with Gasteiger partial charge in [0.05, 0.1) is 10.6 Å². The van der Waals surface area contributed by atoms with Gasteiger partial charge >= 0.3 is 0 Å². The molecule has 5 nitrogen and oxygen atoms in total. The Hall–Kier alpha value is -1.74. The van der Waals surface area contributed by atoms with Crippen LogP contribution in [-0.4, -0.2) is 8.42 Å². The average Bonchev–Trinajstić information content (AvgIpc) is 2.04. The Bertz CT molecular complexity index is 447. The number of benzene rings is 1. The van der Waals surface area contributed by atoms with Gasteiger partial charge in [0.15, 0.2) is 6.19 Å². The van der Waals surface area contributed by atoms with Crippen molar-refractivity contribution in [2.45, 2.75) is 4.90 Å². The predicted molar refractivity (Wildman–Crippen MR) is 45.1 cm³/mol. The van der Waals surface area contributed by atoms with E-state index >= 15 is 0 Å². The first-order chi connectivity index (χ1) is 6.06. The summed E-state index contributed by atoms with van der Waals surface area (Å²) in [7, 11) is -3.76. The van der Waals surface area contributed by atoms with Crippen molar-refractivity contribution in [1.29, 1.82) is 5.26 Å². The molecule has 0 fully saturated rings. The van der Waals surface area contributed by atoms with Gasteiger partial charge in [0.1, 0.15) is 0 Å². The van der Waals surface area contributed by atoms with Gasteiger partial charge in [0, 0.05) is 0 Å². The van der Waals surface area contributed by atoms with Crippen LogP contribution >= 0.6 is 0 Å². The lowest BCUT2D eigenvalue weighted by Crippen LogP contribution is -2.17. The number of rotatable bonds is 2. The van der Waals surface area contributed by atoms with Crippen LogP contribution in [0.4, 0.5) is 5.69 Å². The van der Waals surface area contributed by atoms with E-state index in [2.05, 4.69) is 0 Å². The molecule has 0 saturated carbocycles. The first kappa shape index (κ1) is 9.35. The highest BCUT2D eigenvalue weighted by Gasteiger charge is 2.12. The highest BCUT2D eigenvalue weighted by atomic mass is 32.2. The third kappa shape index (κ3) is 2.10. The third-order valence-corrected chi connectivity index (χ3v) is 2.56. The average molecular weight is 196 g/mol. The number of nitrogens with one attached hydrogen (secondary N) is 2. The Kier molecular flexibility index (Phi) is 2.39. The Labute approximate surface area is 75.8 Å². The molecule has 0 aliphatic rings. The first-order valence-electron chi connectivity index (χ1n) is 3.29. The molecular weight excluding hydrogens is 190 g/mol. The molecule has 0 aliphatic heterocycles. The molecule has 13 heavy (non-hydrogen) atoms. The third-order valence-electron chi connectivity index (χ3n) is 1.32. The minimum Gasteiger partial charge on any atom is -0.301 e. The van der Waals surface area contributed by atoms with Crippen molar-refractivity contribution in [1.82, 2.24) is 10.5 Å². The van der Waals surface area contributed by atoms with Crippen LogP contribution in [-0.2, 0) is 10.0 Å². The van der Waals surface area contributed by atoms with Crippen molar-refractivity contribution >= 4 is 15.7 Å². The molecule has 0 aromatic heterocycles. The van der Waals surface area contributed by atoms with Gasteiger partial charge in [-0.25, -0.2) is 13.1 Å². The van der Waals surface area contributed by atoms with E-state index < -0.39 is 10.0 Å². The smallest absolute Gasteiger partial charge is 0.270 e. The molecule has 0 bridgehead atoms. The summed E-state index contributed by atoms with van der Waals surface area (Å²) in [6.45, 7) is 0. The predicted octanol–water partition coefficient (Wildman–Crippen LogP) is 0.360. The maximum atomic E-state index is 11.2. The van der Waals surface area contributed by atoms with Crippen molar-refractivity contribution in [2.24, 2.45) is 0 Å². The quantitative estimate of drug-likeness (QED) is 0.546. The molecule has 0 heterocycles. The van der Waals surface area contributed by atoms with Gasteiger partial charge in [-0.1, -0.05) is 6.07 Å². The van der Waals surface area contributed by atoms with Crippen LogP contribution in [0.15, 0.2) is 29.2 Å². The van der Waals surface area contributed by atoms with Gasteiger partial charge in [0.25, 0.3) is 10.0 Å². The Morgan fingerprint density at radius 2 is 2.15 bits per heavy atom. The Morgan fingerprint density at radius 1 is 1.46 bits per heavy atom. The summed E-state index contributed by atoms with van der Waals surface area (Å²) in [6, 6.07) is 5.37. The molecule has 2 N–H and O–H groups in total. The molecule has 0 spiro atoms. The van der Waals surface area contributed by atoms with E-state index in [-0.39, 0.29) is 10.6 Å². The second-order valence-corrected chi connectivity index (χ2v) is 3.93. The van der Waals surface area contributed by atoms with Gasteiger partial charge in [-0.15, -0.1) is 0 Å². The molecule has 0 aliphatic carbocycles. The fourth-order valence-electron chi connectivity index (χ4n) is 0.782. The van der Waals surface area contributed by atoms with Gasteiger partial charge in [0.2, 0.25) is 0 Å². The summed E-state index contributed by atoms with van der Waals surface area (Å²) in [5.41, 5.74) is 7.26. The maximum Gasteiger partial charge on any atom is 0.270 e. The summed E-state index contributed by atoms with van der Waals surface area (Å²) in [4.78, 5) is -0.0819. The maximum absolute atomic E-state index is 11.2. The topological polar surface area (TPSA) is 93.8 Å². The van der Waals surface area contributed by atoms with Crippen molar-refractivity contribution in [3.63, 3.8) is 0 Å². The van der Waals surface area contributed by atoms with Crippen LogP contribution < -0.4 is 10.5 Å². The van der Waals surface area contributed by atoms with E-state index in [4.69, 9.17) is 11.0 Å². The molecule has 0 unspecified atom stereocenters. The van der Waals surface area contributed by atoms with Gasteiger partial charge < -0.3 is 5.73 Å². The van der Waals surface area contributed by atoms with Crippen LogP contribution in [0, 0.1) is 11.5 Å². The molecule has 0 saturated heterocycles. The van der Waals surface area contributed by atoms with Gasteiger partial charge in [-0.3, -0.25) is 0 Å². The zero-order chi connectivity index (χ0) is 9.90. The summed E-state index contributed by atoms with van der Waals surface area (Å²) < 4.78 is 24.0. The van der Waals surface area contributed by atoms with E-state index in [0.717, 1.165) is 0 Å². The molecule has 1 radical (unpaired) electrons. The molecular formula is C7H6N3O2S. The lowest BCUT2D eigenvalue weighted by molar-refractivity contribution is 0.591. The van der Waals surface area contributed by atoms with Crippen LogP contribution in [0.5, 0.6) is 0 Å². The van der Waals surface area contributed by atoms with Crippen molar-refractivity contribution in [2.75, 3.05) is 0 Å². The van der Waals surface area contributed by atoms with Crippen LogP contribution in [0.1, 0.15) is 0 Å². The fourth-order valence-corrected chi connectivity index (χ4v) is 1.56. The standard InChI is InChI=1S/C7H6N3O2S/c8-5-10-13(11,12)7-3-1-2-6(9)4-7/h1-4,9-10H. The van der Waals surface area contributed by atoms with E-state index in [1.54, 1.807) is 4.72 Å². The van der Waals surface area contributed by atoms with Gasteiger partial charge in [-0.05, 0) is 18.2 Å². The minimum atomic E-state index is -3.76. The molecule has 0 atom stereocenters. The number of sulfonamides is 1. The van der Waals surface area contributed by atoms with Crippen LogP contribution in [0.2, 0.25) is 0 Å². The van der Waals surface area contributed by atoms with E-state index in [9.17, 15) is 8.42 Å². The molecule has 67 valence electrons. The number of hydrogen-bond acceptors (Lipinski definition) is 3. The lowest BCUT2D eigenvalue weighted by Gasteiger charge is -2.00. The second kappa shape index (κ2) is 3.33. The second-order valence-electron chi connectivity index (χ2n) is 2.25. The summed E-state index contributed by atoms with van der Waals surface area (Å²) in [6.07, 6.45) is 1.33. The first-order valence-corrected chi connectivity index (χ1v) is 4.77. The largest absolute Gasteiger partial charge is 0.301 e.